The van der Waals surface area contributed by atoms with Crippen molar-refractivity contribution in [2.75, 3.05) is 19.6 Å². The van der Waals surface area contributed by atoms with Crippen LogP contribution in [0.1, 0.15) is 43.9 Å². The molecular formula is C16H25FN2. The van der Waals surface area contributed by atoms with E-state index >= 15 is 0 Å². The molecule has 3 heteroatoms. The van der Waals surface area contributed by atoms with Gasteiger partial charge in [0.15, 0.2) is 0 Å². The summed E-state index contributed by atoms with van der Waals surface area (Å²) < 4.78 is 13.4. The van der Waals surface area contributed by atoms with Crippen LogP contribution in [0.2, 0.25) is 0 Å². The quantitative estimate of drug-likeness (QED) is 0.908. The lowest BCUT2D eigenvalue weighted by molar-refractivity contribution is 0.0963. The summed E-state index contributed by atoms with van der Waals surface area (Å²) in [7, 11) is 0. The number of nitrogens with two attached hydrogens (primary N) is 1. The molecule has 0 spiro atoms. The second-order valence-corrected chi connectivity index (χ2v) is 6.46. The largest absolute Gasteiger partial charge is 0.329 e. The molecule has 2 N–H and O–H groups in total. The molecule has 0 aromatic heterocycles. The molecule has 1 aliphatic rings. The second kappa shape index (κ2) is 5.59. The molecule has 1 fully saturated rings. The molecule has 106 valence electrons. The molecule has 0 bridgehead atoms. The van der Waals surface area contributed by atoms with E-state index in [0.29, 0.717) is 17.5 Å². The SMILES string of the molecule is Cc1cc(C(CN)N2CCC(C)(C)CC2)ccc1F. The molecule has 1 aromatic rings. The van der Waals surface area contributed by atoms with Crippen molar-refractivity contribution in [3.8, 4) is 0 Å². The highest BCUT2D eigenvalue weighted by Gasteiger charge is 2.29. The highest BCUT2D eigenvalue weighted by atomic mass is 19.1. The number of piperidine rings is 1. The highest BCUT2D eigenvalue weighted by molar-refractivity contribution is 5.27. The van der Waals surface area contributed by atoms with Gasteiger partial charge in [-0.05, 0) is 55.5 Å². The Balaban J connectivity index is 2.14. The molecule has 19 heavy (non-hydrogen) atoms. The number of hydrogen-bond donors (Lipinski definition) is 1. The van der Waals surface area contributed by atoms with Crippen molar-refractivity contribution in [2.45, 2.75) is 39.7 Å². The fraction of sp³-hybridized carbons (Fsp3) is 0.625. The van der Waals surface area contributed by atoms with Crippen molar-refractivity contribution < 1.29 is 4.39 Å². The summed E-state index contributed by atoms with van der Waals surface area (Å²) in [4.78, 5) is 2.44. The smallest absolute Gasteiger partial charge is 0.126 e. The average Bonchev–Trinajstić information content (AvgIpc) is 2.36. The van der Waals surface area contributed by atoms with Gasteiger partial charge in [0.1, 0.15) is 5.82 Å². The van der Waals surface area contributed by atoms with Crippen molar-refractivity contribution in [1.29, 1.82) is 0 Å². The molecule has 1 atom stereocenters. The number of halogens is 1. The average molecular weight is 264 g/mol. The zero-order valence-electron chi connectivity index (χ0n) is 12.2. The maximum atomic E-state index is 13.4. The Morgan fingerprint density at radius 3 is 2.47 bits per heavy atom. The van der Waals surface area contributed by atoms with E-state index < -0.39 is 0 Å². The van der Waals surface area contributed by atoms with Crippen molar-refractivity contribution >= 4 is 0 Å². The molecule has 1 aromatic carbocycles. The molecule has 1 heterocycles. The Bertz CT molecular complexity index is 432. The van der Waals surface area contributed by atoms with E-state index in [1.54, 1.807) is 6.07 Å². The standard InChI is InChI=1S/C16H25FN2/c1-12-10-13(4-5-14(12)17)15(11-18)19-8-6-16(2,3)7-9-19/h4-5,10,15H,6-9,11,18H2,1-3H3. The fourth-order valence-electron chi connectivity index (χ4n) is 2.81. The van der Waals surface area contributed by atoms with Crippen LogP contribution in [0.25, 0.3) is 0 Å². The zero-order chi connectivity index (χ0) is 14.0. The summed E-state index contributed by atoms with van der Waals surface area (Å²) in [5.41, 5.74) is 8.24. The van der Waals surface area contributed by atoms with E-state index in [1.807, 2.05) is 19.1 Å². The molecule has 0 amide bonds. The van der Waals surface area contributed by atoms with E-state index in [9.17, 15) is 4.39 Å². The van der Waals surface area contributed by atoms with Gasteiger partial charge in [-0.1, -0.05) is 26.0 Å². The van der Waals surface area contributed by atoms with Crippen LogP contribution in [0.4, 0.5) is 4.39 Å². The van der Waals surface area contributed by atoms with Gasteiger partial charge >= 0.3 is 0 Å². The van der Waals surface area contributed by atoms with Crippen LogP contribution < -0.4 is 5.73 Å². The Hall–Kier alpha value is -0.930. The minimum atomic E-state index is -0.140. The van der Waals surface area contributed by atoms with Crippen LogP contribution in [-0.2, 0) is 0 Å². The molecule has 0 saturated carbocycles. The lowest BCUT2D eigenvalue weighted by Crippen LogP contribution is -2.42. The zero-order valence-corrected chi connectivity index (χ0v) is 12.2. The van der Waals surface area contributed by atoms with Gasteiger partial charge in [-0.25, -0.2) is 4.39 Å². The van der Waals surface area contributed by atoms with Crippen molar-refractivity contribution in [3.63, 3.8) is 0 Å². The van der Waals surface area contributed by atoms with Crippen LogP contribution in [-0.4, -0.2) is 24.5 Å². The van der Waals surface area contributed by atoms with Gasteiger partial charge in [0.2, 0.25) is 0 Å². The van der Waals surface area contributed by atoms with E-state index in [4.69, 9.17) is 5.73 Å². The van der Waals surface area contributed by atoms with Crippen LogP contribution in [0, 0.1) is 18.2 Å². The van der Waals surface area contributed by atoms with Gasteiger partial charge in [0, 0.05) is 12.6 Å². The maximum absolute atomic E-state index is 13.4. The molecule has 0 aliphatic carbocycles. The van der Waals surface area contributed by atoms with Gasteiger partial charge in [0.25, 0.3) is 0 Å². The molecule has 1 unspecified atom stereocenters. The van der Waals surface area contributed by atoms with E-state index in [0.717, 1.165) is 18.7 Å². The Labute approximate surface area is 115 Å². The minimum absolute atomic E-state index is 0.140. The lowest BCUT2D eigenvalue weighted by atomic mass is 9.82. The predicted octanol–water partition coefficient (Wildman–Crippen LogP) is 3.26. The third-order valence-corrected chi connectivity index (χ3v) is 4.38. The lowest BCUT2D eigenvalue weighted by Gasteiger charge is -2.41. The van der Waals surface area contributed by atoms with Gasteiger partial charge < -0.3 is 5.73 Å². The van der Waals surface area contributed by atoms with E-state index in [2.05, 4.69) is 18.7 Å². The van der Waals surface area contributed by atoms with E-state index in [1.165, 1.54) is 12.8 Å². The van der Waals surface area contributed by atoms with Gasteiger partial charge in [-0.2, -0.15) is 0 Å². The van der Waals surface area contributed by atoms with Crippen molar-refractivity contribution in [2.24, 2.45) is 11.1 Å². The Morgan fingerprint density at radius 1 is 1.32 bits per heavy atom. The third-order valence-electron chi connectivity index (χ3n) is 4.38. The van der Waals surface area contributed by atoms with E-state index in [-0.39, 0.29) is 11.9 Å². The minimum Gasteiger partial charge on any atom is -0.329 e. The molecule has 2 nitrogen and oxygen atoms in total. The van der Waals surface area contributed by atoms with Crippen LogP contribution in [0.5, 0.6) is 0 Å². The van der Waals surface area contributed by atoms with Gasteiger partial charge in [-0.3, -0.25) is 4.90 Å². The first-order chi connectivity index (χ1) is 8.93. The molecule has 1 saturated heterocycles. The number of hydrogen-bond acceptors (Lipinski definition) is 2. The van der Waals surface area contributed by atoms with Crippen molar-refractivity contribution in [3.05, 3.63) is 35.1 Å². The number of nitrogens with zero attached hydrogens (tertiary/aromatic N) is 1. The first kappa shape index (κ1) is 14.5. The number of rotatable bonds is 3. The van der Waals surface area contributed by atoms with Crippen LogP contribution in [0.15, 0.2) is 18.2 Å². The summed E-state index contributed by atoms with van der Waals surface area (Å²) >= 11 is 0. The summed E-state index contributed by atoms with van der Waals surface area (Å²) in [6.45, 7) is 9.20. The first-order valence-electron chi connectivity index (χ1n) is 7.13. The van der Waals surface area contributed by atoms with Gasteiger partial charge in [0.05, 0.1) is 0 Å². The van der Waals surface area contributed by atoms with Crippen molar-refractivity contribution in [1.82, 2.24) is 4.90 Å². The summed E-state index contributed by atoms with van der Waals surface area (Å²) in [6, 6.07) is 5.59. The summed E-state index contributed by atoms with van der Waals surface area (Å²) in [6.07, 6.45) is 2.40. The number of benzene rings is 1. The molecule has 1 aliphatic heterocycles. The molecular weight excluding hydrogens is 239 g/mol. The fourth-order valence-corrected chi connectivity index (χ4v) is 2.81. The monoisotopic (exact) mass is 264 g/mol. The maximum Gasteiger partial charge on any atom is 0.126 e. The first-order valence-corrected chi connectivity index (χ1v) is 7.13. The Morgan fingerprint density at radius 2 is 1.95 bits per heavy atom. The van der Waals surface area contributed by atoms with Gasteiger partial charge in [-0.15, -0.1) is 0 Å². The summed E-state index contributed by atoms with van der Waals surface area (Å²) in [5, 5.41) is 0. The highest BCUT2D eigenvalue weighted by Crippen LogP contribution is 2.33. The normalized spacial score (nSPS) is 21.3. The summed E-state index contributed by atoms with van der Waals surface area (Å²) in [5.74, 6) is -0.140. The number of aryl methyl sites for hydroxylation is 1. The second-order valence-electron chi connectivity index (χ2n) is 6.46. The topological polar surface area (TPSA) is 29.3 Å². The number of likely N-dealkylation sites (tertiary alicyclic amines) is 1. The molecule has 2 rings (SSSR count). The van der Waals surface area contributed by atoms with Crippen LogP contribution in [0.3, 0.4) is 0 Å². The van der Waals surface area contributed by atoms with Crippen LogP contribution >= 0.6 is 0 Å². The molecule has 0 radical (unpaired) electrons. The predicted molar refractivity (Wildman–Crippen MR) is 77.5 cm³/mol. The third kappa shape index (κ3) is 3.34. The Kier molecular flexibility index (Phi) is 4.26.